The molecule has 0 radical (unpaired) electrons. The van der Waals surface area contributed by atoms with Crippen LogP contribution in [-0.4, -0.2) is 45.4 Å². The zero-order valence-corrected chi connectivity index (χ0v) is 10.9. The van der Waals surface area contributed by atoms with Crippen LogP contribution in [0.3, 0.4) is 0 Å². The third-order valence-electron chi connectivity index (χ3n) is 2.95. The van der Waals surface area contributed by atoms with Crippen LogP contribution < -0.4 is 0 Å². The fourth-order valence-corrected chi connectivity index (χ4v) is 1.95. The van der Waals surface area contributed by atoms with E-state index in [1.54, 1.807) is 7.05 Å². The third-order valence-corrected chi connectivity index (χ3v) is 2.95. The molecule has 0 aliphatic rings. The van der Waals surface area contributed by atoms with Crippen molar-refractivity contribution in [1.29, 1.82) is 0 Å². The van der Waals surface area contributed by atoms with E-state index in [0.717, 1.165) is 6.07 Å². The summed E-state index contributed by atoms with van der Waals surface area (Å²) in [6.07, 6.45) is 1.72. The third kappa shape index (κ3) is 2.93. The Balaban J connectivity index is 2.18. The van der Waals surface area contributed by atoms with Crippen LogP contribution in [0.5, 0.6) is 0 Å². The van der Waals surface area contributed by atoms with Gasteiger partial charge in [-0.15, -0.1) is 0 Å². The van der Waals surface area contributed by atoms with Gasteiger partial charge in [-0.2, -0.15) is 0 Å². The number of imidazole rings is 1. The number of benzene rings is 1. The van der Waals surface area contributed by atoms with Gasteiger partial charge in [0.2, 0.25) is 0 Å². The number of amides is 1. The van der Waals surface area contributed by atoms with Crippen molar-refractivity contribution >= 4 is 22.9 Å². The number of H-pyrrole nitrogens is 1. The Morgan fingerprint density at radius 1 is 1.45 bits per heavy atom. The first-order valence-corrected chi connectivity index (χ1v) is 6.09. The summed E-state index contributed by atoms with van der Waals surface area (Å²) in [6, 6.07) is 2.41. The molecule has 1 aromatic carbocycles. The van der Waals surface area contributed by atoms with Gasteiger partial charge < -0.3 is 15.0 Å². The van der Waals surface area contributed by atoms with Crippen LogP contribution in [0.1, 0.15) is 23.2 Å². The van der Waals surface area contributed by atoms with Gasteiger partial charge in [0, 0.05) is 20.0 Å². The molecule has 20 heavy (non-hydrogen) atoms. The maximum absolute atomic E-state index is 13.5. The molecule has 2 aromatic rings. The zero-order valence-electron chi connectivity index (χ0n) is 10.9. The quantitative estimate of drug-likeness (QED) is 0.871. The number of halogens is 1. The van der Waals surface area contributed by atoms with E-state index in [4.69, 9.17) is 5.11 Å². The highest BCUT2D eigenvalue weighted by molar-refractivity contribution is 6.04. The second kappa shape index (κ2) is 5.68. The fourth-order valence-electron chi connectivity index (χ4n) is 1.95. The molecular formula is C13H14FN3O3. The number of aromatic nitrogens is 2. The molecule has 0 fully saturated rings. The second-order valence-corrected chi connectivity index (χ2v) is 4.48. The first-order valence-electron chi connectivity index (χ1n) is 6.09. The summed E-state index contributed by atoms with van der Waals surface area (Å²) in [4.78, 5) is 30.8. The number of rotatable bonds is 5. The normalized spacial score (nSPS) is 10.7. The Labute approximate surface area is 114 Å². The molecule has 1 aromatic heterocycles. The van der Waals surface area contributed by atoms with E-state index in [-0.39, 0.29) is 24.4 Å². The molecule has 0 bridgehead atoms. The summed E-state index contributed by atoms with van der Waals surface area (Å²) in [5, 5.41) is 8.56. The van der Waals surface area contributed by atoms with E-state index >= 15 is 0 Å². The summed E-state index contributed by atoms with van der Waals surface area (Å²) in [5.41, 5.74) is 1.02. The molecule has 0 saturated carbocycles. The highest BCUT2D eigenvalue weighted by Gasteiger charge is 2.17. The Hall–Kier alpha value is -2.44. The minimum absolute atomic E-state index is 0.0153. The molecule has 6 nitrogen and oxygen atoms in total. The molecule has 2 rings (SSSR count). The lowest BCUT2D eigenvalue weighted by Gasteiger charge is -2.17. The van der Waals surface area contributed by atoms with Gasteiger partial charge in [-0.3, -0.25) is 9.59 Å². The summed E-state index contributed by atoms with van der Waals surface area (Å²) in [5.74, 6) is -1.82. The molecule has 1 heterocycles. The molecule has 0 unspecified atom stereocenters. The molecule has 0 spiro atoms. The Morgan fingerprint density at radius 3 is 2.90 bits per heavy atom. The second-order valence-electron chi connectivity index (χ2n) is 4.48. The summed E-state index contributed by atoms with van der Waals surface area (Å²) in [7, 11) is 1.55. The summed E-state index contributed by atoms with van der Waals surface area (Å²) >= 11 is 0. The standard InChI is InChI=1S/C13H14FN3O3/c1-17(4-2-3-11(18)19)13(20)9-5-8(14)6-10-12(9)16-7-15-10/h5-7H,2-4H2,1H3,(H,15,16)(H,18,19). The topological polar surface area (TPSA) is 86.3 Å². The predicted molar refractivity (Wildman–Crippen MR) is 69.9 cm³/mol. The van der Waals surface area contributed by atoms with Crippen LogP contribution in [-0.2, 0) is 4.79 Å². The SMILES string of the molecule is CN(CCCC(=O)O)C(=O)c1cc(F)cc2[nH]cnc12. The van der Waals surface area contributed by atoms with Gasteiger partial charge in [-0.05, 0) is 18.6 Å². The lowest BCUT2D eigenvalue weighted by Crippen LogP contribution is -2.28. The van der Waals surface area contributed by atoms with Crippen molar-refractivity contribution in [3.8, 4) is 0 Å². The average molecular weight is 279 g/mol. The lowest BCUT2D eigenvalue weighted by atomic mass is 10.1. The summed E-state index contributed by atoms with van der Waals surface area (Å²) in [6.45, 7) is 0.285. The number of fused-ring (bicyclic) bond motifs is 1. The number of nitrogens with zero attached hydrogens (tertiary/aromatic N) is 2. The van der Waals surface area contributed by atoms with Crippen LogP contribution in [0, 0.1) is 5.82 Å². The highest BCUT2D eigenvalue weighted by Crippen LogP contribution is 2.18. The highest BCUT2D eigenvalue weighted by atomic mass is 19.1. The number of aliphatic carboxylic acids is 1. The lowest BCUT2D eigenvalue weighted by molar-refractivity contribution is -0.137. The number of carbonyl (C=O) groups is 2. The van der Waals surface area contributed by atoms with Crippen LogP contribution >= 0.6 is 0 Å². The monoisotopic (exact) mass is 279 g/mol. The minimum atomic E-state index is -0.911. The van der Waals surface area contributed by atoms with Gasteiger partial charge in [0.1, 0.15) is 11.3 Å². The maximum atomic E-state index is 13.5. The fraction of sp³-hybridized carbons (Fsp3) is 0.308. The van der Waals surface area contributed by atoms with Crippen molar-refractivity contribution in [2.75, 3.05) is 13.6 Å². The maximum Gasteiger partial charge on any atom is 0.303 e. The van der Waals surface area contributed by atoms with Gasteiger partial charge in [0.15, 0.2) is 0 Å². The van der Waals surface area contributed by atoms with Crippen molar-refractivity contribution < 1.29 is 19.1 Å². The number of carboxylic acids is 1. The molecule has 0 aliphatic carbocycles. The molecular weight excluding hydrogens is 265 g/mol. The van der Waals surface area contributed by atoms with Crippen molar-refractivity contribution in [3.05, 3.63) is 29.8 Å². The van der Waals surface area contributed by atoms with E-state index in [1.165, 1.54) is 17.3 Å². The molecule has 7 heteroatoms. The van der Waals surface area contributed by atoms with Gasteiger partial charge >= 0.3 is 5.97 Å². The largest absolute Gasteiger partial charge is 0.481 e. The van der Waals surface area contributed by atoms with Crippen LogP contribution in [0.4, 0.5) is 4.39 Å². The average Bonchev–Trinajstić information content (AvgIpc) is 2.84. The van der Waals surface area contributed by atoms with E-state index < -0.39 is 11.8 Å². The molecule has 0 saturated heterocycles. The Bertz CT molecular complexity index is 653. The predicted octanol–water partition coefficient (Wildman–Crippen LogP) is 1.64. The number of carboxylic acid groups (broad SMARTS) is 1. The van der Waals surface area contributed by atoms with Crippen LogP contribution in [0.25, 0.3) is 11.0 Å². The van der Waals surface area contributed by atoms with Crippen LogP contribution in [0.2, 0.25) is 0 Å². The number of aromatic amines is 1. The van der Waals surface area contributed by atoms with Gasteiger partial charge in [-0.1, -0.05) is 0 Å². The Morgan fingerprint density at radius 2 is 2.20 bits per heavy atom. The first-order chi connectivity index (χ1) is 9.49. The Kier molecular flexibility index (Phi) is 3.97. The molecule has 1 amide bonds. The van der Waals surface area contributed by atoms with Crippen molar-refractivity contribution in [2.45, 2.75) is 12.8 Å². The molecule has 0 atom stereocenters. The first kappa shape index (κ1) is 14.0. The molecule has 2 N–H and O–H groups in total. The number of hydrogen-bond acceptors (Lipinski definition) is 3. The van der Waals surface area contributed by atoms with Gasteiger partial charge in [0.25, 0.3) is 5.91 Å². The van der Waals surface area contributed by atoms with E-state index in [2.05, 4.69) is 9.97 Å². The van der Waals surface area contributed by atoms with E-state index in [1.807, 2.05) is 0 Å². The number of nitrogens with one attached hydrogen (secondary N) is 1. The van der Waals surface area contributed by atoms with Crippen molar-refractivity contribution in [1.82, 2.24) is 14.9 Å². The van der Waals surface area contributed by atoms with Gasteiger partial charge in [-0.25, -0.2) is 9.37 Å². The molecule has 106 valence electrons. The van der Waals surface area contributed by atoms with Gasteiger partial charge in [0.05, 0.1) is 17.4 Å². The number of carbonyl (C=O) groups excluding carboxylic acids is 1. The van der Waals surface area contributed by atoms with E-state index in [0.29, 0.717) is 17.5 Å². The van der Waals surface area contributed by atoms with Crippen molar-refractivity contribution in [2.24, 2.45) is 0 Å². The molecule has 0 aliphatic heterocycles. The smallest absolute Gasteiger partial charge is 0.303 e. The summed E-state index contributed by atoms with van der Waals surface area (Å²) < 4.78 is 13.5. The number of hydrogen-bond donors (Lipinski definition) is 2. The van der Waals surface area contributed by atoms with Crippen LogP contribution in [0.15, 0.2) is 18.5 Å². The van der Waals surface area contributed by atoms with E-state index in [9.17, 15) is 14.0 Å². The minimum Gasteiger partial charge on any atom is -0.481 e. The zero-order chi connectivity index (χ0) is 14.7. The van der Waals surface area contributed by atoms with Crippen molar-refractivity contribution in [3.63, 3.8) is 0 Å².